The maximum absolute atomic E-state index is 11.6. The lowest BCUT2D eigenvalue weighted by Crippen LogP contribution is -2.47. The van der Waals surface area contributed by atoms with E-state index in [1.165, 1.54) is 9.78 Å². The van der Waals surface area contributed by atoms with E-state index in [0.717, 1.165) is 0 Å². The normalized spacial score (nSPS) is 12.2. The van der Waals surface area contributed by atoms with Gasteiger partial charge in [-0.05, 0) is 32.2 Å². The van der Waals surface area contributed by atoms with Crippen molar-refractivity contribution in [1.82, 2.24) is 15.5 Å². The fourth-order valence-corrected chi connectivity index (χ4v) is 2.01. The van der Waals surface area contributed by atoms with Crippen molar-refractivity contribution in [2.75, 3.05) is 20.6 Å². The number of thiophene rings is 1. The Balaban J connectivity index is 2.64. The predicted octanol–water partition coefficient (Wildman–Crippen LogP) is 1.67. The lowest BCUT2D eigenvalue weighted by atomic mass is 10.1. The van der Waals surface area contributed by atoms with Crippen molar-refractivity contribution >= 4 is 23.2 Å². The van der Waals surface area contributed by atoms with Crippen molar-refractivity contribution in [2.45, 2.75) is 32.9 Å². The molecule has 1 rings (SSSR count). The second-order valence-corrected chi connectivity index (χ2v) is 6.79. The Labute approximate surface area is 125 Å². The third kappa shape index (κ3) is 6.56. The number of carbonyl (C=O) groups excluding carboxylic acids is 1. The maximum Gasteiger partial charge on any atom is 0.243 e. The third-order valence-electron chi connectivity index (χ3n) is 2.37. The van der Waals surface area contributed by atoms with Crippen LogP contribution in [0.3, 0.4) is 0 Å². The van der Waals surface area contributed by atoms with Crippen molar-refractivity contribution < 1.29 is 4.79 Å². The number of amides is 1. The number of aliphatic imine (C=N–C) groups is 1. The Bertz CT molecular complexity index is 446. The number of carbonyl (C=O) groups is 1. The molecule has 1 aromatic rings. The molecule has 0 aromatic carbocycles. The Morgan fingerprint density at radius 2 is 2.10 bits per heavy atom. The smallest absolute Gasteiger partial charge is 0.243 e. The van der Waals surface area contributed by atoms with Crippen molar-refractivity contribution in [3.05, 3.63) is 22.4 Å². The summed E-state index contributed by atoms with van der Waals surface area (Å²) < 4.78 is 0. The zero-order valence-corrected chi connectivity index (χ0v) is 13.7. The molecule has 0 radical (unpaired) electrons. The van der Waals surface area contributed by atoms with E-state index in [1.54, 1.807) is 25.4 Å². The van der Waals surface area contributed by atoms with Crippen LogP contribution in [-0.4, -0.2) is 42.9 Å². The van der Waals surface area contributed by atoms with Gasteiger partial charge in [0.1, 0.15) is 6.54 Å². The number of hydrogen-bond donors (Lipinski definition) is 2. The molecular formula is C14H24N4OS. The minimum Gasteiger partial charge on any atom is -0.352 e. The molecule has 1 amide bonds. The molecule has 0 atom stereocenters. The molecule has 0 bridgehead atoms. The number of likely N-dealkylation sites (N-methyl/N-ethyl adjacent to an activating group) is 1. The lowest BCUT2D eigenvalue weighted by Gasteiger charge is -2.24. The predicted molar refractivity (Wildman–Crippen MR) is 85.0 cm³/mol. The molecule has 1 heterocycles. The fraction of sp³-hybridized carbons (Fsp3) is 0.571. The maximum atomic E-state index is 11.6. The van der Waals surface area contributed by atoms with E-state index in [-0.39, 0.29) is 18.0 Å². The van der Waals surface area contributed by atoms with Crippen molar-refractivity contribution in [3.8, 4) is 0 Å². The quantitative estimate of drug-likeness (QED) is 0.656. The van der Waals surface area contributed by atoms with Gasteiger partial charge in [0.2, 0.25) is 5.91 Å². The van der Waals surface area contributed by atoms with E-state index in [2.05, 4.69) is 42.5 Å². The van der Waals surface area contributed by atoms with E-state index in [9.17, 15) is 4.79 Å². The van der Waals surface area contributed by atoms with Gasteiger partial charge in [0.05, 0.1) is 6.54 Å². The van der Waals surface area contributed by atoms with Crippen LogP contribution in [0.1, 0.15) is 25.6 Å². The third-order valence-corrected chi connectivity index (χ3v) is 3.25. The van der Waals surface area contributed by atoms with Crippen LogP contribution in [0.25, 0.3) is 0 Å². The van der Waals surface area contributed by atoms with Crippen LogP contribution in [0.2, 0.25) is 0 Å². The largest absolute Gasteiger partial charge is 0.352 e. The highest BCUT2D eigenvalue weighted by atomic mass is 32.1. The monoisotopic (exact) mass is 296 g/mol. The van der Waals surface area contributed by atoms with Crippen LogP contribution < -0.4 is 10.6 Å². The first-order valence-corrected chi connectivity index (χ1v) is 7.45. The van der Waals surface area contributed by atoms with Crippen LogP contribution in [0.4, 0.5) is 0 Å². The number of nitrogens with zero attached hydrogens (tertiary/aromatic N) is 2. The molecule has 0 unspecified atom stereocenters. The Kier molecular flexibility index (Phi) is 6.01. The number of nitrogens with one attached hydrogen (secondary N) is 2. The minimum absolute atomic E-state index is 0.0175. The van der Waals surface area contributed by atoms with Crippen LogP contribution >= 0.6 is 11.3 Å². The van der Waals surface area contributed by atoms with Gasteiger partial charge in [0, 0.05) is 24.5 Å². The molecule has 0 saturated heterocycles. The van der Waals surface area contributed by atoms with Gasteiger partial charge in [0.25, 0.3) is 0 Å². The summed E-state index contributed by atoms with van der Waals surface area (Å²) in [6.07, 6.45) is 0. The average molecular weight is 296 g/mol. The first-order valence-electron chi connectivity index (χ1n) is 6.57. The highest BCUT2D eigenvalue weighted by molar-refractivity contribution is 7.09. The van der Waals surface area contributed by atoms with Crippen LogP contribution in [0.5, 0.6) is 0 Å². The van der Waals surface area contributed by atoms with Crippen LogP contribution in [0, 0.1) is 0 Å². The number of hydrogen-bond acceptors (Lipinski definition) is 3. The summed E-state index contributed by atoms with van der Waals surface area (Å²) in [5.41, 5.74) is -0.109. The molecule has 0 saturated carbocycles. The van der Waals surface area contributed by atoms with Gasteiger partial charge in [-0.3, -0.25) is 4.79 Å². The molecule has 0 fully saturated rings. The Morgan fingerprint density at radius 1 is 1.40 bits per heavy atom. The molecule has 5 nitrogen and oxygen atoms in total. The fourth-order valence-electron chi connectivity index (χ4n) is 1.37. The van der Waals surface area contributed by atoms with Crippen LogP contribution in [0.15, 0.2) is 22.5 Å². The minimum atomic E-state index is -0.109. The highest BCUT2D eigenvalue weighted by Gasteiger charge is 2.13. The molecule has 0 aliphatic carbocycles. The van der Waals surface area contributed by atoms with Gasteiger partial charge >= 0.3 is 0 Å². The van der Waals surface area contributed by atoms with Gasteiger partial charge in [0.15, 0.2) is 5.96 Å². The summed E-state index contributed by atoms with van der Waals surface area (Å²) in [6, 6.07) is 4.09. The van der Waals surface area contributed by atoms with E-state index >= 15 is 0 Å². The zero-order valence-electron chi connectivity index (χ0n) is 12.9. The Hall–Kier alpha value is -1.56. The zero-order chi connectivity index (χ0) is 15.2. The van der Waals surface area contributed by atoms with E-state index in [0.29, 0.717) is 12.5 Å². The summed E-state index contributed by atoms with van der Waals surface area (Å²) in [5.74, 6) is 0.636. The molecule has 1 aromatic heterocycles. The van der Waals surface area contributed by atoms with Crippen molar-refractivity contribution in [1.29, 1.82) is 0 Å². The second kappa shape index (κ2) is 7.28. The Morgan fingerprint density at radius 3 is 2.60 bits per heavy atom. The lowest BCUT2D eigenvalue weighted by molar-refractivity contribution is -0.127. The molecule has 0 aliphatic heterocycles. The number of rotatable bonds is 4. The summed E-state index contributed by atoms with van der Waals surface area (Å²) in [4.78, 5) is 18.7. The highest BCUT2D eigenvalue weighted by Crippen LogP contribution is 2.07. The first kappa shape index (κ1) is 16.5. The summed E-state index contributed by atoms with van der Waals surface area (Å²) >= 11 is 1.69. The molecule has 0 spiro atoms. The molecular weight excluding hydrogens is 272 g/mol. The van der Waals surface area contributed by atoms with Gasteiger partial charge in [-0.1, -0.05) is 6.07 Å². The molecule has 20 heavy (non-hydrogen) atoms. The summed E-state index contributed by atoms with van der Waals surface area (Å²) in [6.45, 7) is 7.02. The van der Waals surface area contributed by atoms with Crippen molar-refractivity contribution in [3.63, 3.8) is 0 Å². The van der Waals surface area contributed by atoms with E-state index in [4.69, 9.17) is 0 Å². The number of guanidine groups is 1. The molecule has 2 N–H and O–H groups in total. The van der Waals surface area contributed by atoms with Gasteiger partial charge in [-0.15, -0.1) is 11.3 Å². The second-order valence-electron chi connectivity index (χ2n) is 5.76. The SMILES string of the molecule is CN(C)C(=O)CN=C(NCc1cccs1)NC(C)(C)C. The van der Waals surface area contributed by atoms with Crippen LogP contribution in [-0.2, 0) is 11.3 Å². The summed E-state index contributed by atoms with van der Waals surface area (Å²) in [5, 5.41) is 8.58. The van der Waals surface area contributed by atoms with Gasteiger partial charge in [-0.25, -0.2) is 4.99 Å². The first-order chi connectivity index (χ1) is 9.28. The van der Waals surface area contributed by atoms with E-state index in [1.807, 2.05) is 11.4 Å². The topological polar surface area (TPSA) is 56.7 Å². The molecule has 6 heteroatoms. The standard InChI is InChI=1S/C14H24N4OS/c1-14(2,3)17-13(16-10-12(19)18(4)5)15-9-11-7-6-8-20-11/h6-8H,9-10H2,1-5H3,(H2,15,16,17). The van der Waals surface area contributed by atoms with E-state index < -0.39 is 0 Å². The average Bonchev–Trinajstić information content (AvgIpc) is 2.83. The summed E-state index contributed by atoms with van der Waals surface area (Å²) in [7, 11) is 3.46. The van der Waals surface area contributed by atoms with Gasteiger partial charge in [-0.2, -0.15) is 0 Å². The molecule has 112 valence electrons. The van der Waals surface area contributed by atoms with Gasteiger partial charge < -0.3 is 15.5 Å². The van der Waals surface area contributed by atoms with Crippen molar-refractivity contribution in [2.24, 2.45) is 4.99 Å². The molecule has 0 aliphatic rings.